The van der Waals surface area contributed by atoms with E-state index in [1.807, 2.05) is 38.1 Å². The molecule has 1 aliphatic rings. The van der Waals surface area contributed by atoms with Crippen LogP contribution in [0.3, 0.4) is 0 Å². The number of nitrogens with one attached hydrogen (secondary N) is 1. The van der Waals surface area contributed by atoms with E-state index in [1.54, 1.807) is 0 Å². The normalized spacial score (nSPS) is 16.3. The molecule has 0 bridgehead atoms. The van der Waals surface area contributed by atoms with Crippen LogP contribution < -0.4 is 5.32 Å². The Morgan fingerprint density at radius 2 is 1.96 bits per heavy atom. The fraction of sp³-hybridized carbons (Fsp3) is 0.500. The zero-order valence-corrected chi connectivity index (χ0v) is 16.1. The van der Waals surface area contributed by atoms with E-state index >= 15 is 0 Å². The first kappa shape index (κ1) is 18.1. The number of hydrogen-bond donors (Lipinski definition) is 1. The van der Waals surface area contributed by atoms with Gasteiger partial charge in [0.25, 0.3) is 0 Å². The van der Waals surface area contributed by atoms with Gasteiger partial charge in [-0.3, -0.25) is 9.69 Å². The highest BCUT2D eigenvalue weighted by molar-refractivity contribution is 9.10. The van der Waals surface area contributed by atoms with E-state index in [-0.39, 0.29) is 17.9 Å². The van der Waals surface area contributed by atoms with Crippen LogP contribution in [-0.2, 0) is 11.3 Å². The fourth-order valence-electron chi connectivity index (χ4n) is 2.97. The molecule has 1 aromatic carbocycles. The second kappa shape index (κ2) is 8.10. The summed E-state index contributed by atoms with van der Waals surface area (Å²) in [6.45, 7) is 6.34. The number of hydrogen-bond acceptors (Lipinski definition) is 5. The average molecular weight is 407 g/mol. The number of benzene rings is 1. The molecule has 7 heteroatoms. The molecular formula is C18H23BrN4O2. The van der Waals surface area contributed by atoms with Gasteiger partial charge < -0.3 is 9.73 Å². The van der Waals surface area contributed by atoms with Crippen LogP contribution in [0, 0.1) is 5.92 Å². The van der Waals surface area contributed by atoms with Gasteiger partial charge in [0, 0.05) is 22.0 Å². The molecule has 0 aliphatic carbocycles. The summed E-state index contributed by atoms with van der Waals surface area (Å²) in [4.78, 5) is 14.3. The van der Waals surface area contributed by atoms with Crippen LogP contribution in [0.15, 0.2) is 33.2 Å². The van der Waals surface area contributed by atoms with Gasteiger partial charge >= 0.3 is 0 Å². The lowest BCUT2D eigenvalue weighted by Gasteiger charge is -2.30. The summed E-state index contributed by atoms with van der Waals surface area (Å²) in [5.74, 6) is 1.43. The van der Waals surface area contributed by atoms with E-state index in [0.717, 1.165) is 36.0 Å². The van der Waals surface area contributed by atoms with Gasteiger partial charge in [0.2, 0.25) is 17.7 Å². The SMILES string of the molecule is CC(C)NC(=O)C1CCN(Cc2nnc(-c3ccc(Br)cc3)o2)CC1. The maximum Gasteiger partial charge on any atom is 0.247 e. The lowest BCUT2D eigenvalue weighted by molar-refractivity contribution is -0.127. The molecule has 2 aromatic rings. The minimum Gasteiger partial charge on any atom is -0.419 e. The van der Waals surface area contributed by atoms with Crippen LogP contribution in [0.25, 0.3) is 11.5 Å². The third-order valence-electron chi connectivity index (χ3n) is 4.31. The summed E-state index contributed by atoms with van der Waals surface area (Å²) >= 11 is 3.42. The Morgan fingerprint density at radius 3 is 2.60 bits per heavy atom. The Hall–Kier alpha value is -1.73. The number of piperidine rings is 1. The Labute approximate surface area is 156 Å². The summed E-state index contributed by atoms with van der Waals surface area (Å²) < 4.78 is 6.79. The molecule has 1 fully saturated rings. The van der Waals surface area contributed by atoms with Crippen molar-refractivity contribution in [2.24, 2.45) is 5.92 Å². The monoisotopic (exact) mass is 406 g/mol. The number of carbonyl (C=O) groups excluding carboxylic acids is 1. The third kappa shape index (κ3) is 4.89. The van der Waals surface area contributed by atoms with Gasteiger partial charge in [-0.05, 0) is 64.0 Å². The molecular weight excluding hydrogens is 384 g/mol. The molecule has 1 N–H and O–H groups in total. The summed E-state index contributed by atoms with van der Waals surface area (Å²) in [7, 11) is 0. The first-order valence-electron chi connectivity index (χ1n) is 8.62. The van der Waals surface area contributed by atoms with Gasteiger partial charge in [-0.2, -0.15) is 0 Å². The van der Waals surface area contributed by atoms with Crippen molar-refractivity contribution in [3.05, 3.63) is 34.6 Å². The molecule has 2 heterocycles. The number of rotatable bonds is 5. The predicted octanol–water partition coefficient (Wildman–Crippen LogP) is 3.24. The van der Waals surface area contributed by atoms with E-state index < -0.39 is 0 Å². The summed E-state index contributed by atoms with van der Waals surface area (Å²) in [5.41, 5.74) is 0.908. The van der Waals surface area contributed by atoms with Crippen LogP contribution in [0.4, 0.5) is 0 Å². The van der Waals surface area contributed by atoms with Crippen molar-refractivity contribution < 1.29 is 9.21 Å². The number of aromatic nitrogens is 2. The van der Waals surface area contributed by atoms with E-state index in [4.69, 9.17) is 4.42 Å². The second-order valence-corrected chi connectivity index (χ2v) is 7.64. The lowest BCUT2D eigenvalue weighted by Crippen LogP contribution is -2.42. The van der Waals surface area contributed by atoms with E-state index in [9.17, 15) is 4.79 Å². The molecule has 0 spiro atoms. The molecule has 0 unspecified atom stereocenters. The summed E-state index contributed by atoms with van der Waals surface area (Å²) in [6, 6.07) is 7.99. The van der Waals surface area contributed by atoms with Crippen molar-refractivity contribution in [2.45, 2.75) is 39.3 Å². The molecule has 0 saturated carbocycles. The molecule has 0 atom stereocenters. The number of amides is 1. The van der Waals surface area contributed by atoms with Crippen molar-refractivity contribution in [3.8, 4) is 11.5 Å². The Balaban J connectivity index is 1.53. The molecule has 3 rings (SSSR count). The standard InChI is InChI=1S/C18H23BrN4O2/c1-12(2)20-17(24)13-7-9-23(10-8-13)11-16-21-22-18(25-16)14-3-5-15(19)6-4-14/h3-6,12-13H,7-11H2,1-2H3,(H,20,24). The first-order chi connectivity index (χ1) is 12.0. The van der Waals surface area contributed by atoms with Gasteiger partial charge in [0.15, 0.2) is 0 Å². The third-order valence-corrected chi connectivity index (χ3v) is 4.83. The molecule has 25 heavy (non-hydrogen) atoms. The zero-order valence-electron chi connectivity index (χ0n) is 14.5. The van der Waals surface area contributed by atoms with Crippen molar-refractivity contribution in [3.63, 3.8) is 0 Å². The van der Waals surface area contributed by atoms with Crippen molar-refractivity contribution in [1.82, 2.24) is 20.4 Å². The molecule has 1 amide bonds. The smallest absolute Gasteiger partial charge is 0.247 e. The molecule has 6 nitrogen and oxygen atoms in total. The maximum absolute atomic E-state index is 12.1. The molecule has 0 radical (unpaired) electrons. The maximum atomic E-state index is 12.1. The van der Waals surface area contributed by atoms with Crippen molar-refractivity contribution in [2.75, 3.05) is 13.1 Å². The molecule has 1 aliphatic heterocycles. The van der Waals surface area contributed by atoms with E-state index in [2.05, 4.69) is 36.3 Å². The quantitative estimate of drug-likeness (QED) is 0.824. The highest BCUT2D eigenvalue weighted by Crippen LogP contribution is 2.22. The largest absolute Gasteiger partial charge is 0.419 e. The fourth-order valence-corrected chi connectivity index (χ4v) is 3.24. The minimum absolute atomic E-state index is 0.111. The topological polar surface area (TPSA) is 71.3 Å². The van der Waals surface area contributed by atoms with Crippen LogP contribution in [0.1, 0.15) is 32.6 Å². The van der Waals surface area contributed by atoms with E-state index in [1.165, 1.54) is 0 Å². The van der Waals surface area contributed by atoms with Crippen LogP contribution in [0.5, 0.6) is 0 Å². The number of likely N-dealkylation sites (tertiary alicyclic amines) is 1. The Bertz CT molecular complexity index is 706. The minimum atomic E-state index is 0.111. The van der Waals surface area contributed by atoms with Crippen molar-refractivity contribution >= 4 is 21.8 Å². The van der Waals surface area contributed by atoms with Crippen molar-refractivity contribution in [1.29, 1.82) is 0 Å². The second-order valence-electron chi connectivity index (χ2n) is 6.72. The first-order valence-corrected chi connectivity index (χ1v) is 9.41. The van der Waals surface area contributed by atoms with E-state index in [0.29, 0.717) is 18.3 Å². The Kier molecular flexibility index (Phi) is 5.86. The summed E-state index contributed by atoms with van der Waals surface area (Å²) in [5, 5.41) is 11.3. The molecule has 1 aromatic heterocycles. The number of halogens is 1. The Morgan fingerprint density at radius 1 is 1.28 bits per heavy atom. The van der Waals surface area contributed by atoms with Crippen LogP contribution in [-0.4, -0.2) is 40.1 Å². The average Bonchev–Trinajstić information content (AvgIpc) is 3.04. The number of carbonyl (C=O) groups is 1. The predicted molar refractivity (Wildman–Crippen MR) is 98.7 cm³/mol. The highest BCUT2D eigenvalue weighted by Gasteiger charge is 2.26. The van der Waals surface area contributed by atoms with Gasteiger partial charge in [0.1, 0.15) is 0 Å². The highest BCUT2D eigenvalue weighted by atomic mass is 79.9. The van der Waals surface area contributed by atoms with Gasteiger partial charge in [-0.15, -0.1) is 10.2 Å². The summed E-state index contributed by atoms with van der Waals surface area (Å²) in [6.07, 6.45) is 1.73. The lowest BCUT2D eigenvalue weighted by atomic mass is 9.95. The van der Waals surface area contributed by atoms with Crippen LogP contribution in [0.2, 0.25) is 0 Å². The zero-order chi connectivity index (χ0) is 17.8. The van der Waals surface area contributed by atoms with Gasteiger partial charge in [-0.1, -0.05) is 15.9 Å². The molecule has 1 saturated heterocycles. The van der Waals surface area contributed by atoms with Gasteiger partial charge in [-0.25, -0.2) is 0 Å². The van der Waals surface area contributed by atoms with Crippen LogP contribution >= 0.6 is 15.9 Å². The number of nitrogens with zero attached hydrogens (tertiary/aromatic N) is 3. The van der Waals surface area contributed by atoms with Gasteiger partial charge in [0.05, 0.1) is 6.54 Å². The molecule has 134 valence electrons.